The molecule has 0 unspecified atom stereocenters. The fraction of sp³-hybridized carbons (Fsp3) is 0.167. The van der Waals surface area contributed by atoms with E-state index < -0.39 is 5.97 Å². The summed E-state index contributed by atoms with van der Waals surface area (Å²) >= 11 is 0. The standard InChI is InChI=1S/C12H12N2O3/c1-14(9-5-3-2-4-6-9)7-11-13-10(8-17-11)12(15)16/h2-6,8H,7H2,1H3,(H,15,16). The Balaban J connectivity index is 2.08. The van der Waals surface area contributed by atoms with E-state index in [4.69, 9.17) is 9.52 Å². The molecule has 0 radical (unpaired) electrons. The van der Waals surface area contributed by atoms with Crippen molar-refractivity contribution in [3.8, 4) is 0 Å². The van der Waals surface area contributed by atoms with E-state index in [1.54, 1.807) is 0 Å². The van der Waals surface area contributed by atoms with Crippen molar-refractivity contribution in [2.24, 2.45) is 0 Å². The zero-order valence-corrected chi connectivity index (χ0v) is 9.33. The highest BCUT2D eigenvalue weighted by Crippen LogP contribution is 2.14. The van der Waals surface area contributed by atoms with Crippen LogP contribution in [0.3, 0.4) is 0 Å². The molecule has 0 spiro atoms. The van der Waals surface area contributed by atoms with Crippen LogP contribution < -0.4 is 4.90 Å². The number of para-hydroxylation sites is 1. The van der Waals surface area contributed by atoms with Gasteiger partial charge in [-0.05, 0) is 12.1 Å². The highest BCUT2D eigenvalue weighted by Gasteiger charge is 2.11. The molecule has 0 aliphatic rings. The first kappa shape index (κ1) is 11.2. The Labute approximate surface area is 98.3 Å². The van der Waals surface area contributed by atoms with Crippen molar-refractivity contribution in [1.82, 2.24) is 4.98 Å². The number of carboxylic acids is 1. The van der Waals surface area contributed by atoms with Crippen LogP contribution in [0.15, 0.2) is 41.0 Å². The monoisotopic (exact) mass is 232 g/mol. The van der Waals surface area contributed by atoms with Crippen molar-refractivity contribution in [2.75, 3.05) is 11.9 Å². The van der Waals surface area contributed by atoms with Crippen LogP contribution in [0.1, 0.15) is 16.4 Å². The van der Waals surface area contributed by atoms with Crippen LogP contribution in [0.5, 0.6) is 0 Å². The Morgan fingerprint density at radius 3 is 2.71 bits per heavy atom. The zero-order chi connectivity index (χ0) is 12.3. The Kier molecular flexibility index (Phi) is 3.09. The Bertz CT molecular complexity index is 507. The van der Waals surface area contributed by atoms with Gasteiger partial charge in [0, 0.05) is 12.7 Å². The smallest absolute Gasteiger partial charge is 0.357 e. The summed E-state index contributed by atoms with van der Waals surface area (Å²) < 4.78 is 5.08. The number of rotatable bonds is 4. The number of anilines is 1. The van der Waals surface area contributed by atoms with E-state index in [-0.39, 0.29) is 5.69 Å². The average molecular weight is 232 g/mol. The Morgan fingerprint density at radius 2 is 2.12 bits per heavy atom. The van der Waals surface area contributed by atoms with Gasteiger partial charge in [-0.1, -0.05) is 18.2 Å². The SMILES string of the molecule is CN(Cc1nc(C(=O)O)co1)c1ccccc1. The molecule has 0 bridgehead atoms. The quantitative estimate of drug-likeness (QED) is 0.873. The van der Waals surface area contributed by atoms with Crippen LogP contribution in [-0.2, 0) is 6.54 Å². The van der Waals surface area contributed by atoms with Gasteiger partial charge in [-0.3, -0.25) is 0 Å². The number of carbonyl (C=O) groups is 1. The first-order chi connectivity index (χ1) is 8.16. The molecule has 5 heteroatoms. The van der Waals surface area contributed by atoms with E-state index in [0.29, 0.717) is 12.4 Å². The molecule has 1 heterocycles. The van der Waals surface area contributed by atoms with E-state index in [1.807, 2.05) is 42.3 Å². The van der Waals surface area contributed by atoms with Gasteiger partial charge in [0.05, 0.1) is 6.54 Å². The number of hydrogen-bond donors (Lipinski definition) is 1. The summed E-state index contributed by atoms with van der Waals surface area (Å²) in [7, 11) is 1.89. The van der Waals surface area contributed by atoms with Gasteiger partial charge in [-0.25, -0.2) is 9.78 Å². The maximum atomic E-state index is 10.6. The average Bonchev–Trinajstić information content (AvgIpc) is 2.79. The molecule has 2 rings (SSSR count). The van der Waals surface area contributed by atoms with Crippen LogP contribution in [0.2, 0.25) is 0 Å². The van der Waals surface area contributed by atoms with Crippen molar-refractivity contribution in [3.63, 3.8) is 0 Å². The normalized spacial score (nSPS) is 10.2. The van der Waals surface area contributed by atoms with Crippen LogP contribution in [-0.4, -0.2) is 23.1 Å². The first-order valence-corrected chi connectivity index (χ1v) is 5.10. The molecule has 1 aromatic carbocycles. The van der Waals surface area contributed by atoms with Crippen molar-refractivity contribution in [2.45, 2.75) is 6.54 Å². The maximum absolute atomic E-state index is 10.6. The van der Waals surface area contributed by atoms with Crippen molar-refractivity contribution in [1.29, 1.82) is 0 Å². The fourth-order valence-electron chi connectivity index (χ4n) is 1.46. The maximum Gasteiger partial charge on any atom is 0.357 e. The number of oxazole rings is 1. The number of aromatic nitrogens is 1. The summed E-state index contributed by atoms with van der Waals surface area (Å²) in [6.07, 6.45) is 1.15. The largest absolute Gasteiger partial charge is 0.476 e. The zero-order valence-electron chi connectivity index (χ0n) is 9.33. The third-order valence-electron chi connectivity index (χ3n) is 2.34. The van der Waals surface area contributed by atoms with Gasteiger partial charge in [-0.2, -0.15) is 0 Å². The molecule has 0 aliphatic heterocycles. The lowest BCUT2D eigenvalue weighted by Gasteiger charge is -2.16. The van der Waals surface area contributed by atoms with E-state index >= 15 is 0 Å². The molecule has 0 fully saturated rings. The summed E-state index contributed by atoms with van der Waals surface area (Å²) in [5.41, 5.74) is 0.948. The van der Waals surface area contributed by atoms with E-state index in [1.165, 1.54) is 0 Å². The molecular formula is C12H12N2O3. The molecule has 2 aromatic rings. The van der Waals surface area contributed by atoms with Crippen LogP contribution in [0.4, 0.5) is 5.69 Å². The van der Waals surface area contributed by atoms with Crippen molar-refractivity contribution < 1.29 is 14.3 Å². The number of benzene rings is 1. The summed E-state index contributed by atoms with van der Waals surface area (Å²) in [6, 6.07) is 9.72. The molecule has 0 saturated carbocycles. The molecule has 88 valence electrons. The second kappa shape index (κ2) is 4.69. The number of nitrogens with zero attached hydrogens (tertiary/aromatic N) is 2. The molecule has 17 heavy (non-hydrogen) atoms. The van der Waals surface area contributed by atoms with Gasteiger partial charge in [0.1, 0.15) is 6.26 Å². The van der Waals surface area contributed by atoms with Crippen molar-refractivity contribution in [3.05, 3.63) is 48.2 Å². The minimum absolute atomic E-state index is 0.0681. The van der Waals surface area contributed by atoms with Crippen LogP contribution >= 0.6 is 0 Å². The summed E-state index contributed by atoms with van der Waals surface area (Å²) in [5, 5.41) is 8.71. The molecule has 0 amide bonds. The summed E-state index contributed by atoms with van der Waals surface area (Å²) in [5.74, 6) is -0.698. The highest BCUT2D eigenvalue weighted by molar-refractivity contribution is 5.84. The second-order valence-corrected chi connectivity index (χ2v) is 3.62. The van der Waals surface area contributed by atoms with Crippen LogP contribution in [0, 0.1) is 0 Å². The van der Waals surface area contributed by atoms with Gasteiger partial charge in [0.25, 0.3) is 0 Å². The van der Waals surface area contributed by atoms with Gasteiger partial charge >= 0.3 is 5.97 Å². The number of aromatic carboxylic acids is 1. The Hall–Kier alpha value is -2.30. The lowest BCUT2D eigenvalue weighted by Crippen LogP contribution is -2.16. The summed E-state index contributed by atoms with van der Waals surface area (Å²) in [4.78, 5) is 16.4. The minimum atomic E-state index is -1.08. The third kappa shape index (κ3) is 2.63. The van der Waals surface area contributed by atoms with Crippen LogP contribution in [0.25, 0.3) is 0 Å². The lowest BCUT2D eigenvalue weighted by molar-refractivity contribution is 0.0690. The third-order valence-corrected chi connectivity index (χ3v) is 2.34. The van der Waals surface area contributed by atoms with Gasteiger partial charge < -0.3 is 14.4 Å². The first-order valence-electron chi connectivity index (χ1n) is 5.10. The Morgan fingerprint density at radius 1 is 1.41 bits per heavy atom. The number of hydrogen-bond acceptors (Lipinski definition) is 4. The lowest BCUT2D eigenvalue weighted by atomic mass is 10.3. The van der Waals surface area contributed by atoms with E-state index in [2.05, 4.69) is 4.98 Å². The molecular weight excluding hydrogens is 220 g/mol. The molecule has 1 aromatic heterocycles. The highest BCUT2D eigenvalue weighted by atomic mass is 16.4. The van der Waals surface area contributed by atoms with Gasteiger partial charge in [-0.15, -0.1) is 0 Å². The minimum Gasteiger partial charge on any atom is -0.476 e. The fourth-order valence-corrected chi connectivity index (χ4v) is 1.46. The predicted molar refractivity (Wildman–Crippen MR) is 62.0 cm³/mol. The predicted octanol–water partition coefficient (Wildman–Crippen LogP) is 2.01. The topological polar surface area (TPSA) is 66.6 Å². The number of carboxylic acid groups (broad SMARTS) is 1. The van der Waals surface area contributed by atoms with Gasteiger partial charge in [0.15, 0.2) is 5.69 Å². The molecule has 1 N–H and O–H groups in total. The molecule has 0 atom stereocenters. The van der Waals surface area contributed by atoms with E-state index in [0.717, 1.165) is 12.0 Å². The van der Waals surface area contributed by atoms with E-state index in [9.17, 15) is 4.79 Å². The van der Waals surface area contributed by atoms with Gasteiger partial charge in [0.2, 0.25) is 5.89 Å². The molecule has 5 nitrogen and oxygen atoms in total. The van der Waals surface area contributed by atoms with Crippen molar-refractivity contribution >= 4 is 11.7 Å². The summed E-state index contributed by atoms with van der Waals surface area (Å²) in [6.45, 7) is 0.428. The molecule has 0 saturated heterocycles. The molecule has 0 aliphatic carbocycles. The second-order valence-electron chi connectivity index (χ2n) is 3.62.